The standard InChI is InChI=1S/C9H13NO2.C2H6/c1-8-2-3-9(12-8)10-4-6-11-7-5-10;1-2/h2-3H,4-7H2,1H3;1-2H3. The summed E-state index contributed by atoms with van der Waals surface area (Å²) in [5.74, 6) is 1.94. The first-order valence-corrected chi connectivity index (χ1v) is 5.25. The zero-order valence-corrected chi connectivity index (χ0v) is 9.25. The third kappa shape index (κ3) is 2.77. The van der Waals surface area contributed by atoms with E-state index in [-0.39, 0.29) is 0 Å². The highest BCUT2D eigenvalue weighted by molar-refractivity contribution is 5.36. The third-order valence-corrected chi connectivity index (χ3v) is 2.05. The molecule has 0 radical (unpaired) electrons. The average Bonchev–Trinajstić information content (AvgIpc) is 2.69. The second kappa shape index (κ2) is 5.70. The van der Waals surface area contributed by atoms with Gasteiger partial charge in [-0.05, 0) is 13.0 Å². The maximum absolute atomic E-state index is 5.49. The molecule has 0 atom stereocenters. The van der Waals surface area contributed by atoms with Gasteiger partial charge >= 0.3 is 0 Å². The molecule has 0 aromatic carbocycles. The molecular weight excluding hydrogens is 178 g/mol. The number of rotatable bonds is 1. The number of morpholine rings is 1. The van der Waals surface area contributed by atoms with Gasteiger partial charge in [0.15, 0.2) is 5.88 Å². The van der Waals surface area contributed by atoms with Gasteiger partial charge in [0.25, 0.3) is 0 Å². The number of aryl methyl sites for hydroxylation is 1. The smallest absolute Gasteiger partial charge is 0.195 e. The Bertz CT molecular complexity index is 252. The molecule has 0 N–H and O–H groups in total. The quantitative estimate of drug-likeness (QED) is 0.691. The van der Waals surface area contributed by atoms with Crippen LogP contribution in [-0.4, -0.2) is 26.3 Å². The maximum atomic E-state index is 5.49. The highest BCUT2D eigenvalue weighted by Gasteiger charge is 2.13. The Morgan fingerprint density at radius 3 is 2.29 bits per heavy atom. The van der Waals surface area contributed by atoms with Crippen LogP contribution in [-0.2, 0) is 4.74 Å². The molecule has 0 saturated carbocycles. The van der Waals surface area contributed by atoms with Crippen LogP contribution in [0, 0.1) is 6.92 Å². The highest BCUT2D eigenvalue weighted by atomic mass is 16.5. The van der Waals surface area contributed by atoms with Crippen molar-refractivity contribution in [3.63, 3.8) is 0 Å². The Labute approximate surface area is 85.7 Å². The van der Waals surface area contributed by atoms with Gasteiger partial charge in [-0.15, -0.1) is 0 Å². The van der Waals surface area contributed by atoms with Gasteiger partial charge in [-0.3, -0.25) is 0 Å². The molecule has 0 spiro atoms. The third-order valence-electron chi connectivity index (χ3n) is 2.05. The second-order valence-electron chi connectivity index (χ2n) is 2.98. The topological polar surface area (TPSA) is 25.6 Å². The van der Waals surface area contributed by atoms with Gasteiger partial charge in [0.1, 0.15) is 5.76 Å². The Morgan fingerprint density at radius 1 is 1.14 bits per heavy atom. The molecule has 1 aromatic rings. The molecule has 1 saturated heterocycles. The summed E-state index contributed by atoms with van der Waals surface area (Å²) >= 11 is 0. The van der Waals surface area contributed by atoms with Crippen LogP contribution in [0.15, 0.2) is 16.5 Å². The van der Waals surface area contributed by atoms with Crippen molar-refractivity contribution in [2.75, 3.05) is 31.2 Å². The van der Waals surface area contributed by atoms with E-state index >= 15 is 0 Å². The van der Waals surface area contributed by atoms with E-state index in [4.69, 9.17) is 9.15 Å². The van der Waals surface area contributed by atoms with Crippen LogP contribution >= 0.6 is 0 Å². The van der Waals surface area contributed by atoms with Crippen LogP contribution in [0.3, 0.4) is 0 Å². The summed E-state index contributed by atoms with van der Waals surface area (Å²) < 4.78 is 10.7. The maximum Gasteiger partial charge on any atom is 0.195 e. The van der Waals surface area contributed by atoms with E-state index in [0.29, 0.717) is 0 Å². The summed E-state index contributed by atoms with van der Waals surface area (Å²) in [4.78, 5) is 2.20. The molecule has 0 aliphatic carbocycles. The molecule has 1 fully saturated rings. The minimum Gasteiger partial charge on any atom is -0.446 e. The molecule has 0 bridgehead atoms. The summed E-state index contributed by atoms with van der Waals surface area (Å²) in [6.45, 7) is 9.45. The molecule has 0 unspecified atom stereocenters. The predicted octanol–water partition coefficient (Wildman–Crippen LogP) is 2.45. The molecule has 1 aliphatic heterocycles. The van der Waals surface area contributed by atoms with Crippen LogP contribution in [0.1, 0.15) is 19.6 Å². The zero-order valence-electron chi connectivity index (χ0n) is 9.25. The van der Waals surface area contributed by atoms with Crippen molar-refractivity contribution in [3.8, 4) is 0 Å². The number of hydrogen-bond acceptors (Lipinski definition) is 3. The summed E-state index contributed by atoms with van der Waals surface area (Å²) in [5, 5.41) is 0. The Kier molecular flexibility index (Phi) is 4.53. The normalized spacial score (nSPS) is 16.1. The Hall–Kier alpha value is -0.960. The van der Waals surface area contributed by atoms with Crippen molar-refractivity contribution in [3.05, 3.63) is 17.9 Å². The molecule has 1 aromatic heterocycles. The van der Waals surface area contributed by atoms with E-state index in [0.717, 1.165) is 37.9 Å². The zero-order chi connectivity index (χ0) is 10.4. The molecule has 2 heterocycles. The van der Waals surface area contributed by atoms with Gasteiger partial charge in [0.2, 0.25) is 0 Å². The first kappa shape index (κ1) is 11.1. The van der Waals surface area contributed by atoms with Crippen molar-refractivity contribution in [1.82, 2.24) is 0 Å². The van der Waals surface area contributed by atoms with Crippen LogP contribution in [0.2, 0.25) is 0 Å². The molecule has 3 nitrogen and oxygen atoms in total. The molecule has 0 amide bonds. The van der Waals surface area contributed by atoms with E-state index < -0.39 is 0 Å². The summed E-state index contributed by atoms with van der Waals surface area (Å²) in [5.41, 5.74) is 0. The minimum atomic E-state index is 0.805. The van der Waals surface area contributed by atoms with Crippen molar-refractivity contribution in [2.45, 2.75) is 20.8 Å². The van der Waals surface area contributed by atoms with Gasteiger partial charge in [-0.25, -0.2) is 0 Å². The summed E-state index contributed by atoms with van der Waals surface area (Å²) in [7, 11) is 0. The number of anilines is 1. The number of furan rings is 1. The first-order chi connectivity index (χ1) is 6.86. The van der Waals surface area contributed by atoms with Gasteiger partial charge in [0, 0.05) is 19.2 Å². The highest BCUT2D eigenvalue weighted by Crippen LogP contribution is 2.18. The SMILES string of the molecule is CC.Cc1ccc(N2CCOCC2)o1. The van der Waals surface area contributed by atoms with Crippen LogP contribution in [0.4, 0.5) is 5.88 Å². The van der Waals surface area contributed by atoms with Gasteiger partial charge < -0.3 is 14.1 Å². The largest absolute Gasteiger partial charge is 0.446 e. The lowest BCUT2D eigenvalue weighted by molar-refractivity contribution is 0.120. The lowest BCUT2D eigenvalue weighted by Gasteiger charge is -2.26. The van der Waals surface area contributed by atoms with Crippen LogP contribution < -0.4 is 4.90 Å². The Morgan fingerprint density at radius 2 is 1.79 bits per heavy atom. The predicted molar refractivity (Wildman–Crippen MR) is 57.8 cm³/mol. The first-order valence-electron chi connectivity index (χ1n) is 5.25. The minimum absolute atomic E-state index is 0.805. The molecular formula is C11H19NO2. The number of hydrogen-bond donors (Lipinski definition) is 0. The van der Waals surface area contributed by atoms with Gasteiger partial charge in [0.05, 0.1) is 13.2 Å². The summed E-state index contributed by atoms with van der Waals surface area (Å²) in [6, 6.07) is 4.01. The van der Waals surface area contributed by atoms with E-state index in [1.54, 1.807) is 0 Å². The van der Waals surface area contributed by atoms with Crippen molar-refractivity contribution in [2.24, 2.45) is 0 Å². The van der Waals surface area contributed by atoms with Gasteiger partial charge in [-0.2, -0.15) is 0 Å². The van der Waals surface area contributed by atoms with Crippen molar-refractivity contribution < 1.29 is 9.15 Å². The van der Waals surface area contributed by atoms with Crippen molar-refractivity contribution >= 4 is 5.88 Å². The molecule has 80 valence electrons. The molecule has 3 heteroatoms. The van der Waals surface area contributed by atoms with E-state index in [2.05, 4.69) is 4.90 Å². The monoisotopic (exact) mass is 197 g/mol. The molecule has 1 aliphatic rings. The fraction of sp³-hybridized carbons (Fsp3) is 0.636. The van der Waals surface area contributed by atoms with Crippen LogP contribution in [0.5, 0.6) is 0 Å². The lowest BCUT2D eigenvalue weighted by Crippen LogP contribution is -2.35. The van der Waals surface area contributed by atoms with E-state index in [9.17, 15) is 0 Å². The second-order valence-corrected chi connectivity index (χ2v) is 2.98. The summed E-state index contributed by atoms with van der Waals surface area (Å²) in [6.07, 6.45) is 0. The lowest BCUT2D eigenvalue weighted by atomic mass is 10.4. The van der Waals surface area contributed by atoms with Crippen molar-refractivity contribution in [1.29, 1.82) is 0 Å². The average molecular weight is 197 g/mol. The molecule has 2 rings (SSSR count). The molecule has 14 heavy (non-hydrogen) atoms. The Balaban J connectivity index is 0.000000461. The van der Waals surface area contributed by atoms with Crippen LogP contribution in [0.25, 0.3) is 0 Å². The number of nitrogens with zero attached hydrogens (tertiary/aromatic N) is 1. The van der Waals surface area contributed by atoms with Gasteiger partial charge in [-0.1, -0.05) is 13.8 Å². The fourth-order valence-electron chi connectivity index (χ4n) is 1.38. The van der Waals surface area contributed by atoms with E-state index in [1.165, 1.54) is 0 Å². The fourth-order valence-corrected chi connectivity index (χ4v) is 1.38. The van der Waals surface area contributed by atoms with E-state index in [1.807, 2.05) is 32.9 Å². The number of ether oxygens (including phenoxy) is 1.